The monoisotopic (exact) mass is 1140 g/mol. The minimum absolute atomic E-state index is 0.0595. The molecule has 10 atom stereocenters. The summed E-state index contributed by atoms with van der Waals surface area (Å²) >= 11 is 0. The van der Waals surface area contributed by atoms with Crippen LogP contribution in [0.4, 0.5) is 0 Å². The van der Waals surface area contributed by atoms with Crippen LogP contribution in [0.2, 0.25) is 0 Å². The highest BCUT2D eigenvalue weighted by molar-refractivity contribution is 6.00. The van der Waals surface area contributed by atoms with E-state index in [0.29, 0.717) is 12.8 Å². The fourth-order valence-electron chi connectivity index (χ4n) is 11.4. The third-order valence-corrected chi connectivity index (χ3v) is 16.3. The van der Waals surface area contributed by atoms with Gasteiger partial charge < -0.3 is 50.7 Å². The molecule has 2 aromatic carbocycles. The number of amides is 10. The lowest BCUT2D eigenvalue weighted by Crippen LogP contribution is -2.61. The summed E-state index contributed by atoms with van der Waals surface area (Å²) in [4.78, 5) is 155. The van der Waals surface area contributed by atoms with E-state index in [2.05, 4.69) is 21.3 Å². The molecule has 3 fully saturated rings. The molecule has 3 aliphatic heterocycles. The Bertz CT molecular complexity index is 2390. The van der Waals surface area contributed by atoms with Crippen LogP contribution < -0.4 is 21.3 Å². The number of carbonyl (C=O) groups is 10. The molecule has 82 heavy (non-hydrogen) atoms. The lowest BCUT2D eigenvalue weighted by molar-refractivity contribution is -0.150. The van der Waals surface area contributed by atoms with Crippen molar-refractivity contribution in [1.29, 1.82) is 0 Å². The average molecular weight is 1140 g/mol. The van der Waals surface area contributed by atoms with Gasteiger partial charge in [-0.15, -0.1) is 0 Å². The first kappa shape index (κ1) is 65.9. The minimum atomic E-state index is -1.16. The molecular weight excluding hydrogens is 1040 g/mol. The number of fused-ring (bicyclic) bond motifs is 2. The molecule has 452 valence electrons. The summed E-state index contributed by atoms with van der Waals surface area (Å²) in [5.74, 6) is -6.07. The normalized spacial score (nSPS) is 27.1. The highest BCUT2D eigenvalue weighted by Gasteiger charge is 2.45. The lowest BCUT2D eigenvalue weighted by Gasteiger charge is -2.37. The zero-order valence-electron chi connectivity index (χ0n) is 51.1. The van der Waals surface area contributed by atoms with E-state index < -0.39 is 119 Å². The third kappa shape index (κ3) is 17.1. The minimum Gasteiger partial charge on any atom is -0.343 e. The van der Waals surface area contributed by atoms with E-state index in [4.69, 9.17) is 0 Å². The van der Waals surface area contributed by atoms with Gasteiger partial charge in [0.15, 0.2) is 0 Å². The van der Waals surface area contributed by atoms with Gasteiger partial charge in [-0.25, -0.2) is 0 Å². The molecule has 0 spiro atoms. The number of hydrogen-bond acceptors (Lipinski definition) is 10. The molecule has 0 radical (unpaired) electrons. The molecule has 0 aromatic heterocycles. The summed E-state index contributed by atoms with van der Waals surface area (Å²) in [6.45, 7) is 18.7. The second kappa shape index (κ2) is 29.9. The Hall–Kier alpha value is -6.86. The number of likely N-dealkylation sites (N-methyl/N-ethyl adjacent to an activating group) is 4. The topological polar surface area (TPSA) is 238 Å². The van der Waals surface area contributed by atoms with Crippen molar-refractivity contribution in [1.82, 2.24) is 50.7 Å². The molecule has 10 amide bonds. The average Bonchev–Trinajstić information content (AvgIpc) is 4.15. The molecule has 0 saturated carbocycles. The van der Waals surface area contributed by atoms with E-state index in [-0.39, 0.29) is 88.1 Å². The van der Waals surface area contributed by atoms with Crippen molar-refractivity contribution in [2.45, 2.75) is 194 Å². The first-order valence-electron chi connectivity index (χ1n) is 29.6. The van der Waals surface area contributed by atoms with Gasteiger partial charge >= 0.3 is 0 Å². The Balaban J connectivity index is 1.61. The summed E-state index contributed by atoms with van der Waals surface area (Å²) in [6.07, 6.45) is 2.37. The molecule has 3 saturated heterocycles. The Labute approximate surface area is 486 Å². The van der Waals surface area contributed by atoms with Gasteiger partial charge in [0.25, 0.3) is 0 Å². The largest absolute Gasteiger partial charge is 0.343 e. The molecule has 3 heterocycles. The fourth-order valence-corrected chi connectivity index (χ4v) is 11.4. The van der Waals surface area contributed by atoms with Gasteiger partial charge in [-0.3, -0.25) is 47.9 Å². The van der Waals surface area contributed by atoms with Crippen molar-refractivity contribution >= 4 is 59.1 Å². The van der Waals surface area contributed by atoms with Gasteiger partial charge in [0, 0.05) is 54.1 Å². The number of nitrogens with one attached hydrogen (secondary N) is 4. The van der Waals surface area contributed by atoms with Crippen molar-refractivity contribution < 1.29 is 47.9 Å². The van der Waals surface area contributed by atoms with E-state index in [1.165, 1.54) is 71.4 Å². The van der Waals surface area contributed by atoms with E-state index in [1.807, 2.05) is 116 Å². The maximum atomic E-state index is 14.9. The van der Waals surface area contributed by atoms with Crippen molar-refractivity contribution in [3.05, 3.63) is 71.8 Å². The van der Waals surface area contributed by atoms with Crippen molar-refractivity contribution in [2.75, 3.05) is 41.3 Å². The molecular formula is C62H94N10O10. The first-order valence-corrected chi connectivity index (χ1v) is 29.6. The van der Waals surface area contributed by atoms with Crippen LogP contribution in [-0.4, -0.2) is 190 Å². The second-order valence-electron chi connectivity index (χ2n) is 24.7. The first-order chi connectivity index (χ1) is 38.6. The van der Waals surface area contributed by atoms with Gasteiger partial charge in [-0.2, -0.15) is 0 Å². The van der Waals surface area contributed by atoms with Crippen LogP contribution in [0.1, 0.15) is 132 Å². The highest BCUT2D eigenvalue weighted by atomic mass is 16.2. The lowest BCUT2D eigenvalue weighted by atomic mass is 9.98. The van der Waals surface area contributed by atoms with E-state index in [9.17, 15) is 47.9 Å². The molecule has 4 N–H and O–H groups in total. The molecule has 2 aromatic rings. The molecule has 20 heteroatoms. The van der Waals surface area contributed by atoms with Gasteiger partial charge in [-0.05, 0) is 100 Å². The van der Waals surface area contributed by atoms with Crippen LogP contribution in [0, 0.1) is 23.7 Å². The number of benzene rings is 2. The zero-order valence-corrected chi connectivity index (χ0v) is 51.1. The predicted molar refractivity (Wildman–Crippen MR) is 313 cm³/mol. The number of nitrogens with zero attached hydrogens (tertiary/aromatic N) is 6. The SMILES string of the molecule is CC(C)C[C@@H]1NC(=O)[C@H](Cc2ccccc2)N(C)C(=O)[C@H]2CCCN2C(=O)[C@H](CC(C)C)NC(=O)[C@H](C)N(C)C(=O)[C@H](CC(C)C)NC(=O)[C@H](Cc2ccccc2)N(C)C(=O)[C@H]2CCCN2C(=O)[C@H](CC(C)C)NC(=O)[C@H](C)N(C)C1=O. The van der Waals surface area contributed by atoms with Crippen LogP contribution >= 0.6 is 0 Å². The zero-order chi connectivity index (χ0) is 60.9. The Morgan fingerprint density at radius 1 is 0.390 bits per heavy atom. The Kier molecular flexibility index (Phi) is 24.1. The smallest absolute Gasteiger partial charge is 0.245 e. The van der Waals surface area contributed by atoms with E-state index in [0.717, 1.165) is 11.1 Å². The Morgan fingerprint density at radius 3 is 0.963 bits per heavy atom. The van der Waals surface area contributed by atoms with E-state index in [1.54, 1.807) is 0 Å². The Morgan fingerprint density at radius 2 is 0.671 bits per heavy atom. The fraction of sp³-hybridized carbons (Fsp3) is 0.645. The molecule has 5 rings (SSSR count). The maximum Gasteiger partial charge on any atom is 0.245 e. The van der Waals surface area contributed by atoms with Gasteiger partial charge in [0.2, 0.25) is 59.1 Å². The number of rotatable bonds is 12. The molecule has 20 nitrogen and oxygen atoms in total. The third-order valence-electron chi connectivity index (χ3n) is 16.3. The standard InChI is InChI=1S/C62H94N10O10/c1-37(2)31-45-57(77)67(11)41(9)53(73)63-47(33-39(5)6)59(79)72-30-22-28-50(72)62(82)70(14)52(36-44-25-19-16-20-26-44)56(76)66-46(32-38(3)4)58(78)68(12)42(10)54(74)64-48(34-40(7)8)60(80)71-29-21-27-49(71)61(81)69(13)51(55(75)65-45)35-43-23-17-15-18-24-43/h15-20,23-26,37-42,45-52H,21-22,27-36H2,1-14H3,(H,63,73)(H,64,74)(H,65,75)(H,66,76)/t41-,42-,45-,46-,47-,48-,49+,50+,51-,52-/m0/s1. The number of carbonyl (C=O) groups excluding carboxylic acids is 10. The van der Waals surface area contributed by atoms with Crippen LogP contribution in [0.5, 0.6) is 0 Å². The number of hydrogen-bond donors (Lipinski definition) is 4. The predicted octanol–water partition coefficient (Wildman–Crippen LogP) is 3.94. The maximum absolute atomic E-state index is 14.9. The van der Waals surface area contributed by atoms with Crippen molar-refractivity contribution in [3.8, 4) is 0 Å². The second-order valence-corrected chi connectivity index (χ2v) is 24.7. The molecule has 0 aliphatic carbocycles. The summed E-state index contributed by atoms with van der Waals surface area (Å²) in [6, 6.07) is 7.13. The van der Waals surface area contributed by atoms with Gasteiger partial charge in [0.1, 0.15) is 60.4 Å². The molecule has 3 aliphatic rings. The summed E-state index contributed by atoms with van der Waals surface area (Å²) in [5, 5.41) is 11.7. The van der Waals surface area contributed by atoms with Gasteiger partial charge in [-0.1, -0.05) is 116 Å². The summed E-state index contributed by atoms with van der Waals surface area (Å²) in [5.41, 5.74) is 1.47. The molecule has 0 bridgehead atoms. The van der Waals surface area contributed by atoms with Crippen LogP contribution in [0.3, 0.4) is 0 Å². The van der Waals surface area contributed by atoms with E-state index >= 15 is 0 Å². The van der Waals surface area contributed by atoms with Crippen LogP contribution in [0.15, 0.2) is 60.7 Å². The summed E-state index contributed by atoms with van der Waals surface area (Å²) in [7, 11) is 5.92. The van der Waals surface area contributed by atoms with Gasteiger partial charge in [0.05, 0.1) is 0 Å². The quantitative estimate of drug-likeness (QED) is 0.239. The highest BCUT2D eigenvalue weighted by Crippen LogP contribution is 2.27. The van der Waals surface area contributed by atoms with Crippen molar-refractivity contribution in [3.63, 3.8) is 0 Å². The summed E-state index contributed by atoms with van der Waals surface area (Å²) < 4.78 is 0. The molecule has 0 unspecified atom stereocenters. The van der Waals surface area contributed by atoms with Crippen LogP contribution in [0.25, 0.3) is 0 Å². The van der Waals surface area contributed by atoms with Crippen LogP contribution in [-0.2, 0) is 60.8 Å². The van der Waals surface area contributed by atoms with Crippen molar-refractivity contribution in [2.24, 2.45) is 23.7 Å².